The van der Waals surface area contributed by atoms with Gasteiger partial charge in [-0.15, -0.1) is 0 Å². The number of benzene rings is 2. The van der Waals surface area contributed by atoms with Gasteiger partial charge in [0, 0.05) is 37.6 Å². The van der Waals surface area contributed by atoms with Crippen molar-refractivity contribution in [2.45, 2.75) is 12.8 Å². The molecule has 0 radical (unpaired) electrons. The van der Waals surface area contributed by atoms with Crippen LogP contribution in [-0.2, 0) is 0 Å². The fourth-order valence-corrected chi connectivity index (χ4v) is 3.23. The highest BCUT2D eigenvalue weighted by molar-refractivity contribution is 5.58. The summed E-state index contributed by atoms with van der Waals surface area (Å²) in [6, 6.07) is 8.27. The van der Waals surface area contributed by atoms with Gasteiger partial charge in [0.1, 0.15) is 11.5 Å². The second-order valence-corrected chi connectivity index (χ2v) is 7.43. The summed E-state index contributed by atoms with van der Waals surface area (Å²) in [7, 11) is 0. The molecule has 0 saturated heterocycles. The maximum Gasteiger partial charge on any atom is 0.273 e. The Hall–Kier alpha value is -4.22. The van der Waals surface area contributed by atoms with Crippen molar-refractivity contribution in [2.24, 2.45) is 0 Å². The first-order valence-electron chi connectivity index (χ1n) is 10.3. The van der Waals surface area contributed by atoms with Crippen LogP contribution in [0.25, 0.3) is 0 Å². The largest absolute Gasteiger partial charge is 0.491 e. The lowest BCUT2D eigenvalue weighted by atomic mass is 10.2. The third-order valence-corrected chi connectivity index (χ3v) is 4.96. The Labute approximate surface area is 190 Å². The monoisotopic (exact) mass is 458 g/mol. The van der Waals surface area contributed by atoms with Crippen LogP contribution in [-0.4, -0.2) is 52.6 Å². The molecule has 0 spiro atoms. The lowest BCUT2D eigenvalue weighted by Crippen LogP contribution is -2.28. The molecule has 1 aliphatic heterocycles. The summed E-state index contributed by atoms with van der Waals surface area (Å²) in [6.07, 6.45) is 5.41. The van der Waals surface area contributed by atoms with Crippen molar-refractivity contribution in [3.8, 4) is 11.5 Å². The molecule has 3 rings (SSSR count). The van der Waals surface area contributed by atoms with E-state index in [-0.39, 0.29) is 11.4 Å². The van der Waals surface area contributed by atoms with Crippen molar-refractivity contribution in [3.05, 3.63) is 69.0 Å². The van der Waals surface area contributed by atoms with Gasteiger partial charge in [0.05, 0.1) is 53.2 Å². The van der Waals surface area contributed by atoms with Gasteiger partial charge in [-0.1, -0.05) is 0 Å². The highest BCUT2D eigenvalue weighted by atomic mass is 16.6. The first-order valence-corrected chi connectivity index (χ1v) is 10.3. The molecule has 0 fully saturated rings. The Balaban J connectivity index is 1.33. The van der Waals surface area contributed by atoms with Gasteiger partial charge in [-0.25, -0.2) is 0 Å². The summed E-state index contributed by atoms with van der Waals surface area (Å²) in [5.74, 6) is 0.624. The lowest BCUT2D eigenvalue weighted by molar-refractivity contribution is -0.385. The van der Waals surface area contributed by atoms with E-state index >= 15 is 0 Å². The molecule has 0 aliphatic carbocycles. The van der Waals surface area contributed by atoms with E-state index in [4.69, 9.17) is 20.9 Å². The van der Waals surface area contributed by atoms with Gasteiger partial charge in [0.2, 0.25) is 0 Å². The van der Waals surface area contributed by atoms with Gasteiger partial charge in [0.15, 0.2) is 0 Å². The van der Waals surface area contributed by atoms with E-state index in [0.29, 0.717) is 36.1 Å². The van der Waals surface area contributed by atoms with Crippen molar-refractivity contribution < 1.29 is 19.3 Å². The number of nitrogens with zero attached hydrogens (tertiary/aromatic N) is 4. The van der Waals surface area contributed by atoms with Gasteiger partial charge < -0.3 is 30.7 Å². The van der Waals surface area contributed by atoms with Crippen LogP contribution < -0.4 is 20.9 Å². The molecule has 2 aromatic rings. The van der Waals surface area contributed by atoms with E-state index < -0.39 is 9.85 Å². The number of nitrogens with two attached hydrogens (primary N) is 2. The maximum atomic E-state index is 10.9. The van der Waals surface area contributed by atoms with Gasteiger partial charge >= 0.3 is 0 Å². The third kappa shape index (κ3) is 6.63. The number of nitrogen functional groups attached to an aromatic ring is 2. The predicted molar refractivity (Wildman–Crippen MR) is 123 cm³/mol. The first kappa shape index (κ1) is 23.4. The first-order chi connectivity index (χ1) is 15.8. The Morgan fingerprint density at radius 2 is 1.21 bits per heavy atom. The Bertz CT molecular complexity index is 951. The number of rotatable bonds is 12. The topological polar surface area (TPSA) is 163 Å². The van der Waals surface area contributed by atoms with Crippen LogP contribution in [0.3, 0.4) is 0 Å². The minimum absolute atomic E-state index is 0.0607. The van der Waals surface area contributed by atoms with Gasteiger partial charge in [-0.2, -0.15) is 0 Å². The molecule has 0 bridgehead atoms. The van der Waals surface area contributed by atoms with Gasteiger partial charge in [-0.05, 0) is 25.0 Å². The molecule has 33 heavy (non-hydrogen) atoms. The van der Waals surface area contributed by atoms with Crippen LogP contribution in [0.2, 0.25) is 0 Å². The Kier molecular flexibility index (Phi) is 7.73. The van der Waals surface area contributed by atoms with Crippen LogP contribution in [0.1, 0.15) is 12.8 Å². The van der Waals surface area contributed by atoms with Gasteiger partial charge in [-0.3, -0.25) is 20.2 Å². The average molecular weight is 458 g/mol. The predicted octanol–water partition coefficient (Wildman–Crippen LogP) is 2.95. The molecule has 4 N–H and O–H groups in total. The number of anilines is 2. The molecule has 1 aliphatic rings. The van der Waals surface area contributed by atoms with Crippen LogP contribution in [0, 0.1) is 20.2 Å². The lowest BCUT2D eigenvalue weighted by Gasteiger charge is -2.21. The normalized spacial score (nSPS) is 12.7. The summed E-state index contributed by atoms with van der Waals surface area (Å²) in [5, 5.41) is 21.7. The second-order valence-electron chi connectivity index (χ2n) is 7.43. The van der Waals surface area contributed by atoms with E-state index in [9.17, 15) is 20.2 Å². The maximum absolute atomic E-state index is 10.9. The summed E-state index contributed by atoms with van der Waals surface area (Å²) in [6.45, 7) is 2.99. The van der Waals surface area contributed by atoms with Gasteiger partial charge in [0.25, 0.3) is 11.4 Å². The van der Waals surface area contributed by atoms with E-state index in [0.717, 1.165) is 32.6 Å². The number of nitro groups is 2. The number of hydrogen-bond acceptors (Lipinski definition) is 10. The standard InChI is InChI=1S/C21H26N6O6/c22-18-5-3-16(26(28)29)13-20(18)32-11-1-7-24-9-10-25(15-24)8-2-12-33-21-14-17(27(30)31)4-6-19(21)23/h3-6,9-10,13-14H,1-2,7-8,11-12,15,22-23H2. The fourth-order valence-electron chi connectivity index (χ4n) is 3.23. The molecule has 0 amide bonds. The smallest absolute Gasteiger partial charge is 0.273 e. The molecule has 12 heteroatoms. The van der Waals surface area contributed by atoms with Crippen molar-refractivity contribution >= 4 is 22.7 Å². The number of nitro benzene ring substituents is 2. The van der Waals surface area contributed by atoms with Crippen molar-refractivity contribution in [1.29, 1.82) is 0 Å². The fraction of sp³-hybridized carbons (Fsp3) is 0.333. The minimum atomic E-state index is -0.487. The molecular formula is C21H26N6O6. The molecule has 0 saturated carbocycles. The zero-order valence-corrected chi connectivity index (χ0v) is 18.0. The molecule has 12 nitrogen and oxygen atoms in total. The average Bonchev–Trinajstić information content (AvgIpc) is 3.23. The quantitative estimate of drug-likeness (QED) is 0.209. The number of non-ortho nitro benzene ring substituents is 2. The molecular weight excluding hydrogens is 432 g/mol. The molecule has 2 aromatic carbocycles. The zero-order valence-electron chi connectivity index (χ0n) is 18.0. The van der Waals surface area contributed by atoms with E-state index in [1.165, 1.54) is 36.4 Å². The van der Waals surface area contributed by atoms with Crippen molar-refractivity contribution in [3.63, 3.8) is 0 Å². The van der Waals surface area contributed by atoms with E-state index in [1.54, 1.807) is 0 Å². The molecule has 0 atom stereocenters. The van der Waals surface area contributed by atoms with E-state index in [2.05, 4.69) is 9.80 Å². The van der Waals surface area contributed by atoms with Crippen LogP contribution in [0.4, 0.5) is 22.7 Å². The van der Waals surface area contributed by atoms with Crippen LogP contribution in [0.15, 0.2) is 48.8 Å². The summed E-state index contributed by atoms with van der Waals surface area (Å²) in [5.41, 5.74) is 12.2. The van der Waals surface area contributed by atoms with E-state index in [1.807, 2.05) is 12.4 Å². The SMILES string of the molecule is Nc1ccc([N+](=O)[O-])cc1OCCCN1C=CN(CCCOc2cc([N+](=O)[O-])ccc2N)C1. The van der Waals surface area contributed by atoms with Crippen LogP contribution >= 0.6 is 0 Å². The molecule has 0 aromatic heterocycles. The zero-order chi connectivity index (χ0) is 23.8. The highest BCUT2D eigenvalue weighted by Gasteiger charge is 2.14. The molecule has 176 valence electrons. The molecule has 1 heterocycles. The van der Waals surface area contributed by atoms with Crippen molar-refractivity contribution in [2.75, 3.05) is 44.4 Å². The number of hydrogen-bond donors (Lipinski definition) is 2. The Morgan fingerprint density at radius 3 is 1.61 bits per heavy atom. The van der Waals surface area contributed by atoms with Crippen LogP contribution in [0.5, 0.6) is 11.5 Å². The summed E-state index contributed by atoms with van der Waals surface area (Å²) >= 11 is 0. The third-order valence-electron chi connectivity index (χ3n) is 4.96. The highest BCUT2D eigenvalue weighted by Crippen LogP contribution is 2.27. The summed E-state index contributed by atoms with van der Waals surface area (Å²) < 4.78 is 11.2. The Morgan fingerprint density at radius 1 is 0.788 bits per heavy atom. The summed E-state index contributed by atoms with van der Waals surface area (Å²) in [4.78, 5) is 25.0. The number of ether oxygens (including phenoxy) is 2. The molecule has 0 unspecified atom stereocenters. The second kappa shape index (κ2) is 10.9. The minimum Gasteiger partial charge on any atom is -0.491 e. The van der Waals surface area contributed by atoms with Crippen molar-refractivity contribution in [1.82, 2.24) is 9.80 Å².